The third kappa shape index (κ3) is 2.60. The lowest BCUT2D eigenvalue weighted by atomic mass is 9.82. The number of hydrogen-bond acceptors (Lipinski definition) is 2. The van der Waals surface area contributed by atoms with Gasteiger partial charge in [0.05, 0.1) is 16.9 Å². The maximum atomic E-state index is 12.5. The van der Waals surface area contributed by atoms with Crippen molar-refractivity contribution in [1.82, 2.24) is 0 Å². The molecule has 0 saturated heterocycles. The zero-order chi connectivity index (χ0) is 15.1. The van der Waals surface area contributed by atoms with Crippen LogP contribution in [-0.2, 0) is 9.59 Å². The molecule has 0 spiro atoms. The quantitative estimate of drug-likeness (QED) is 0.800. The Morgan fingerprint density at radius 1 is 1.24 bits per heavy atom. The fraction of sp³-hybridized carbons (Fsp3) is 0.333. The van der Waals surface area contributed by atoms with Gasteiger partial charge in [0.15, 0.2) is 0 Å². The van der Waals surface area contributed by atoms with E-state index in [1.54, 1.807) is 18.2 Å². The molecule has 110 valence electrons. The van der Waals surface area contributed by atoms with Crippen molar-refractivity contribution in [2.24, 2.45) is 23.7 Å². The molecule has 6 heteroatoms. The molecule has 4 atom stereocenters. The van der Waals surface area contributed by atoms with Crippen molar-refractivity contribution in [3.8, 4) is 0 Å². The van der Waals surface area contributed by atoms with Gasteiger partial charge in [-0.3, -0.25) is 9.59 Å². The highest BCUT2D eigenvalue weighted by atomic mass is 79.9. The standard InChI is InChI=1S/C15H13BrClNO3/c16-10-4-3-9(6-11(10)17)18-14(19)12-7-1-2-8(5-7)13(12)15(20)21/h1-4,6-8,12-13H,5H2,(H,18,19)(H,20,21)/t7-,8+,12-,13+/m0/s1. The molecule has 0 unspecified atom stereocenters. The van der Waals surface area contributed by atoms with Gasteiger partial charge in [-0.15, -0.1) is 0 Å². The van der Waals surface area contributed by atoms with E-state index in [0.29, 0.717) is 10.7 Å². The fourth-order valence-corrected chi connectivity index (χ4v) is 3.74. The van der Waals surface area contributed by atoms with E-state index in [4.69, 9.17) is 11.6 Å². The molecule has 21 heavy (non-hydrogen) atoms. The molecule has 0 heterocycles. The summed E-state index contributed by atoms with van der Waals surface area (Å²) in [6.45, 7) is 0. The number of amides is 1. The van der Waals surface area contributed by atoms with E-state index < -0.39 is 17.8 Å². The summed E-state index contributed by atoms with van der Waals surface area (Å²) in [6, 6.07) is 5.11. The SMILES string of the molecule is O=C(Nc1ccc(Br)c(Cl)c1)[C@@H]1[C@H](C(=O)O)[C@@H]2C=C[C@H]1C2. The molecule has 1 aromatic carbocycles. The van der Waals surface area contributed by atoms with Crippen molar-refractivity contribution in [3.63, 3.8) is 0 Å². The van der Waals surface area contributed by atoms with Crippen LogP contribution in [0.1, 0.15) is 6.42 Å². The van der Waals surface area contributed by atoms with E-state index in [-0.39, 0.29) is 17.7 Å². The van der Waals surface area contributed by atoms with Crippen molar-refractivity contribution < 1.29 is 14.7 Å². The number of carboxylic acid groups (broad SMARTS) is 1. The van der Waals surface area contributed by atoms with Crippen molar-refractivity contribution in [1.29, 1.82) is 0 Å². The monoisotopic (exact) mass is 369 g/mol. The Kier molecular flexibility index (Phi) is 3.80. The van der Waals surface area contributed by atoms with Gasteiger partial charge in [-0.2, -0.15) is 0 Å². The van der Waals surface area contributed by atoms with E-state index in [2.05, 4.69) is 21.2 Å². The zero-order valence-corrected chi connectivity index (χ0v) is 13.3. The van der Waals surface area contributed by atoms with Crippen molar-refractivity contribution in [3.05, 3.63) is 39.8 Å². The number of rotatable bonds is 3. The van der Waals surface area contributed by atoms with Crippen molar-refractivity contribution in [2.45, 2.75) is 6.42 Å². The lowest BCUT2D eigenvalue weighted by molar-refractivity contribution is -0.146. The van der Waals surface area contributed by atoms with Gasteiger partial charge in [-0.1, -0.05) is 23.8 Å². The molecule has 2 aliphatic carbocycles. The second-order valence-corrected chi connectivity index (χ2v) is 6.72. The first kappa shape index (κ1) is 14.6. The molecule has 2 aliphatic rings. The van der Waals surface area contributed by atoms with Crippen LogP contribution >= 0.6 is 27.5 Å². The molecular weight excluding hydrogens is 358 g/mol. The molecule has 2 bridgehead atoms. The number of benzene rings is 1. The van der Waals surface area contributed by atoms with Gasteiger partial charge in [0, 0.05) is 10.2 Å². The molecule has 0 radical (unpaired) electrons. The predicted octanol–water partition coefficient (Wildman–Crippen LogP) is 3.56. The normalized spacial score (nSPS) is 29.6. The average molecular weight is 371 g/mol. The first-order valence-corrected chi connectivity index (χ1v) is 7.81. The van der Waals surface area contributed by atoms with E-state index in [9.17, 15) is 14.7 Å². The largest absolute Gasteiger partial charge is 0.481 e. The molecule has 1 fully saturated rings. The van der Waals surface area contributed by atoms with E-state index >= 15 is 0 Å². The van der Waals surface area contributed by atoms with Crippen LogP contribution in [0.2, 0.25) is 5.02 Å². The summed E-state index contributed by atoms with van der Waals surface area (Å²) in [4.78, 5) is 23.9. The van der Waals surface area contributed by atoms with Gasteiger partial charge >= 0.3 is 5.97 Å². The molecule has 4 nitrogen and oxygen atoms in total. The molecule has 2 N–H and O–H groups in total. The Morgan fingerprint density at radius 3 is 2.52 bits per heavy atom. The van der Waals surface area contributed by atoms with E-state index in [0.717, 1.165) is 10.9 Å². The number of hydrogen-bond donors (Lipinski definition) is 2. The summed E-state index contributed by atoms with van der Waals surface area (Å²) >= 11 is 9.28. The number of halogens is 2. The minimum atomic E-state index is -0.902. The first-order chi connectivity index (χ1) is 9.97. The Morgan fingerprint density at radius 2 is 1.90 bits per heavy atom. The Labute approximate surface area is 135 Å². The second kappa shape index (κ2) is 5.46. The molecule has 1 aromatic rings. The maximum absolute atomic E-state index is 12.5. The van der Waals surface area contributed by atoms with Gasteiger partial charge in [-0.05, 0) is 52.4 Å². The number of fused-ring (bicyclic) bond motifs is 2. The molecule has 1 saturated carbocycles. The van der Waals surface area contributed by atoms with Gasteiger partial charge < -0.3 is 10.4 Å². The molecule has 0 aliphatic heterocycles. The fourth-order valence-electron chi connectivity index (χ4n) is 3.32. The first-order valence-electron chi connectivity index (χ1n) is 6.64. The van der Waals surface area contributed by atoms with Gasteiger partial charge in [-0.25, -0.2) is 0 Å². The van der Waals surface area contributed by atoms with Crippen molar-refractivity contribution >= 4 is 45.1 Å². The van der Waals surface area contributed by atoms with E-state index in [1.165, 1.54) is 0 Å². The number of carbonyl (C=O) groups excluding carboxylic acids is 1. The highest BCUT2D eigenvalue weighted by Gasteiger charge is 2.51. The third-order valence-corrected chi connectivity index (χ3v) is 5.47. The smallest absolute Gasteiger partial charge is 0.307 e. The van der Waals surface area contributed by atoms with Crippen LogP contribution in [0, 0.1) is 23.7 Å². The molecule has 0 aromatic heterocycles. The minimum absolute atomic E-state index is 0.0158. The van der Waals surface area contributed by atoms with Crippen LogP contribution in [-0.4, -0.2) is 17.0 Å². The summed E-state index contributed by atoms with van der Waals surface area (Å²) in [5, 5.41) is 12.6. The summed E-state index contributed by atoms with van der Waals surface area (Å²) in [6.07, 6.45) is 4.63. The maximum Gasteiger partial charge on any atom is 0.307 e. The topological polar surface area (TPSA) is 66.4 Å². The average Bonchev–Trinajstić information content (AvgIpc) is 3.03. The van der Waals surface area contributed by atoms with Crippen LogP contribution in [0.25, 0.3) is 0 Å². The van der Waals surface area contributed by atoms with Crippen LogP contribution in [0.15, 0.2) is 34.8 Å². The van der Waals surface area contributed by atoms with E-state index in [1.807, 2.05) is 12.2 Å². The van der Waals surface area contributed by atoms with Gasteiger partial charge in [0.25, 0.3) is 0 Å². The summed E-state index contributed by atoms with van der Waals surface area (Å²) < 4.78 is 0.744. The van der Waals surface area contributed by atoms with Crippen LogP contribution in [0.5, 0.6) is 0 Å². The second-order valence-electron chi connectivity index (χ2n) is 5.46. The number of carboxylic acids is 1. The molecule has 3 rings (SSSR count). The summed E-state index contributed by atoms with van der Waals surface area (Å²) in [5.74, 6) is -2.32. The Hall–Kier alpha value is -1.33. The third-order valence-electron chi connectivity index (χ3n) is 4.23. The summed E-state index contributed by atoms with van der Waals surface area (Å²) in [7, 11) is 0. The number of aliphatic carboxylic acids is 1. The highest BCUT2D eigenvalue weighted by molar-refractivity contribution is 9.10. The number of nitrogens with one attached hydrogen (secondary N) is 1. The predicted molar refractivity (Wildman–Crippen MR) is 83.1 cm³/mol. The Bertz CT molecular complexity index is 646. The van der Waals surface area contributed by atoms with Gasteiger partial charge in [0.1, 0.15) is 0 Å². The van der Waals surface area contributed by atoms with Crippen molar-refractivity contribution in [2.75, 3.05) is 5.32 Å². The minimum Gasteiger partial charge on any atom is -0.481 e. The molecule has 1 amide bonds. The lowest BCUT2D eigenvalue weighted by Crippen LogP contribution is -2.36. The highest BCUT2D eigenvalue weighted by Crippen LogP contribution is 2.48. The Balaban J connectivity index is 1.80. The summed E-state index contributed by atoms with van der Waals surface area (Å²) in [5.41, 5.74) is 0.573. The number of anilines is 1. The number of carbonyl (C=O) groups is 2. The number of allylic oxidation sites excluding steroid dienone is 2. The molecular formula is C15H13BrClNO3. The van der Waals surface area contributed by atoms with Crippen LogP contribution in [0.3, 0.4) is 0 Å². The zero-order valence-electron chi connectivity index (χ0n) is 10.9. The lowest BCUT2D eigenvalue weighted by Gasteiger charge is -2.23. The van der Waals surface area contributed by atoms with Gasteiger partial charge in [0.2, 0.25) is 5.91 Å². The van der Waals surface area contributed by atoms with Crippen LogP contribution < -0.4 is 5.32 Å². The van der Waals surface area contributed by atoms with Crippen LogP contribution in [0.4, 0.5) is 5.69 Å².